The summed E-state index contributed by atoms with van der Waals surface area (Å²) in [6.07, 6.45) is 6.27. The van der Waals surface area contributed by atoms with Crippen LogP contribution in [0.5, 0.6) is 0 Å². The summed E-state index contributed by atoms with van der Waals surface area (Å²) in [4.78, 5) is 12.4. The zero-order chi connectivity index (χ0) is 14.1. The van der Waals surface area contributed by atoms with Crippen molar-refractivity contribution in [3.63, 3.8) is 0 Å². The Kier molecular flexibility index (Phi) is 3.30. The summed E-state index contributed by atoms with van der Waals surface area (Å²) in [6.45, 7) is 4.03. The van der Waals surface area contributed by atoms with Gasteiger partial charge in [0.2, 0.25) is 0 Å². The number of rotatable bonds is 3. The lowest BCUT2D eigenvalue weighted by atomic mass is 9.94. The van der Waals surface area contributed by atoms with Crippen LogP contribution < -0.4 is 5.32 Å². The number of hydrogen-bond donors (Lipinski definition) is 2. The summed E-state index contributed by atoms with van der Waals surface area (Å²) < 4.78 is 1.75. The predicted molar refractivity (Wildman–Crippen MR) is 74.5 cm³/mol. The second-order valence-electron chi connectivity index (χ2n) is 5.54. The van der Waals surface area contributed by atoms with Crippen LogP contribution in [-0.2, 0) is 12.8 Å². The van der Waals surface area contributed by atoms with E-state index in [2.05, 4.69) is 20.6 Å². The lowest BCUT2D eigenvalue weighted by molar-refractivity contribution is 0.0920. The summed E-state index contributed by atoms with van der Waals surface area (Å²) in [7, 11) is 0. The monoisotopic (exact) mass is 273 g/mol. The minimum atomic E-state index is -0.0517. The van der Waals surface area contributed by atoms with Crippen molar-refractivity contribution in [2.45, 2.75) is 45.2 Å². The first-order valence-corrected chi connectivity index (χ1v) is 7.00. The van der Waals surface area contributed by atoms with E-state index in [1.54, 1.807) is 16.9 Å². The summed E-state index contributed by atoms with van der Waals surface area (Å²) in [6, 6.07) is 2.10. The second kappa shape index (κ2) is 5.11. The Morgan fingerprint density at radius 1 is 1.55 bits per heavy atom. The average molecular weight is 273 g/mol. The Morgan fingerprint density at radius 3 is 3.20 bits per heavy atom. The third kappa shape index (κ3) is 2.33. The van der Waals surface area contributed by atoms with Gasteiger partial charge in [0.15, 0.2) is 0 Å². The molecule has 2 heterocycles. The predicted octanol–water partition coefficient (Wildman–Crippen LogP) is 1.47. The number of aromatic amines is 1. The minimum Gasteiger partial charge on any atom is -0.348 e. The molecule has 1 amide bonds. The highest BCUT2D eigenvalue weighted by atomic mass is 16.2. The molecule has 1 atom stereocenters. The number of nitrogens with one attached hydrogen (secondary N) is 2. The maximum absolute atomic E-state index is 12.4. The fraction of sp³-hybridized carbons (Fsp3) is 0.500. The molecule has 0 saturated carbocycles. The Balaban J connectivity index is 1.69. The van der Waals surface area contributed by atoms with Gasteiger partial charge in [0.25, 0.3) is 5.91 Å². The van der Waals surface area contributed by atoms with E-state index in [4.69, 9.17) is 0 Å². The minimum absolute atomic E-state index is 0.0517. The molecular weight excluding hydrogens is 254 g/mol. The lowest BCUT2D eigenvalue weighted by Gasteiger charge is -2.23. The molecule has 2 aromatic rings. The summed E-state index contributed by atoms with van der Waals surface area (Å²) in [5, 5.41) is 14.4. The van der Waals surface area contributed by atoms with Gasteiger partial charge in [0.1, 0.15) is 5.69 Å². The highest BCUT2D eigenvalue weighted by molar-refractivity contribution is 5.92. The number of amides is 1. The van der Waals surface area contributed by atoms with Crippen molar-refractivity contribution in [2.24, 2.45) is 0 Å². The molecule has 3 rings (SSSR count). The molecule has 0 bridgehead atoms. The molecule has 0 saturated heterocycles. The number of fused-ring (bicyclic) bond motifs is 1. The number of carbonyl (C=O) groups is 1. The molecule has 6 heteroatoms. The summed E-state index contributed by atoms with van der Waals surface area (Å²) in [5.74, 6) is -0.0517. The molecule has 2 aromatic heterocycles. The third-order valence-electron chi connectivity index (χ3n) is 3.75. The third-order valence-corrected chi connectivity index (χ3v) is 3.75. The smallest absolute Gasteiger partial charge is 0.269 e. The van der Waals surface area contributed by atoms with Crippen molar-refractivity contribution in [1.82, 2.24) is 25.3 Å². The fourth-order valence-electron chi connectivity index (χ4n) is 2.70. The molecule has 0 radical (unpaired) electrons. The van der Waals surface area contributed by atoms with Gasteiger partial charge in [-0.3, -0.25) is 14.6 Å². The fourth-order valence-corrected chi connectivity index (χ4v) is 2.70. The Bertz CT molecular complexity index is 613. The first-order chi connectivity index (χ1) is 9.65. The molecule has 1 aliphatic carbocycles. The van der Waals surface area contributed by atoms with Crippen LogP contribution >= 0.6 is 0 Å². The van der Waals surface area contributed by atoms with E-state index in [-0.39, 0.29) is 18.0 Å². The molecule has 1 aliphatic rings. The van der Waals surface area contributed by atoms with Crippen LogP contribution in [-0.4, -0.2) is 31.9 Å². The van der Waals surface area contributed by atoms with Crippen LogP contribution in [0.15, 0.2) is 18.5 Å². The summed E-state index contributed by atoms with van der Waals surface area (Å²) >= 11 is 0. The van der Waals surface area contributed by atoms with Crippen LogP contribution in [0, 0.1) is 0 Å². The number of aromatic nitrogens is 4. The van der Waals surface area contributed by atoms with Crippen LogP contribution in [0.1, 0.15) is 48.1 Å². The van der Waals surface area contributed by atoms with Crippen LogP contribution in [0.4, 0.5) is 0 Å². The molecule has 6 nitrogen and oxygen atoms in total. The van der Waals surface area contributed by atoms with Crippen molar-refractivity contribution < 1.29 is 4.79 Å². The number of aryl methyl sites for hydroxylation is 1. The molecular formula is C14H19N5O. The number of carbonyl (C=O) groups excluding carboxylic acids is 1. The highest BCUT2D eigenvalue weighted by Crippen LogP contribution is 2.19. The molecule has 20 heavy (non-hydrogen) atoms. The van der Waals surface area contributed by atoms with Crippen molar-refractivity contribution in [2.75, 3.05) is 0 Å². The standard InChI is InChI=1S/C14H19N5O/c1-9(2)19-13(5-6-16-19)14(20)17-11-4-3-10-8-15-18-12(10)7-11/h5-6,8-9,11H,3-4,7H2,1-2H3,(H,15,18)(H,17,20). The van der Waals surface area contributed by atoms with Gasteiger partial charge in [-0.1, -0.05) is 0 Å². The number of hydrogen-bond acceptors (Lipinski definition) is 3. The summed E-state index contributed by atoms with van der Waals surface area (Å²) in [5.41, 5.74) is 3.03. The first kappa shape index (κ1) is 12.9. The zero-order valence-corrected chi connectivity index (χ0v) is 11.8. The van der Waals surface area contributed by atoms with Gasteiger partial charge >= 0.3 is 0 Å². The zero-order valence-electron chi connectivity index (χ0n) is 11.8. The van der Waals surface area contributed by atoms with E-state index in [0.717, 1.165) is 25.0 Å². The average Bonchev–Trinajstić information content (AvgIpc) is 3.06. The van der Waals surface area contributed by atoms with Gasteiger partial charge in [0.05, 0.1) is 6.20 Å². The van der Waals surface area contributed by atoms with E-state index >= 15 is 0 Å². The molecule has 1 unspecified atom stereocenters. The van der Waals surface area contributed by atoms with Gasteiger partial charge in [0, 0.05) is 30.4 Å². The van der Waals surface area contributed by atoms with Gasteiger partial charge in [-0.05, 0) is 38.3 Å². The van der Waals surface area contributed by atoms with E-state index in [1.165, 1.54) is 5.56 Å². The Morgan fingerprint density at radius 2 is 2.40 bits per heavy atom. The van der Waals surface area contributed by atoms with E-state index in [1.807, 2.05) is 20.0 Å². The largest absolute Gasteiger partial charge is 0.348 e. The quantitative estimate of drug-likeness (QED) is 0.889. The van der Waals surface area contributed by atoms with Crippen LogP contribution in [0.25, 0.3) is 0 Å². The molecule has 2 N–H and O–H groups in total. The Labute approximate surface area is 117 Å². The molecule has 106 valence electrons. The van der Waals surface area contributed by atoms with Gasteiger partial charge < -0.3 is 5.32 Å². The number of H-pyrrole nitrogens is 1. The SMILES string of the molecule is CC(C)n1nccc1C(=O)NC1CCc2cn[nH]c2C1. The lowest BCUT2D eigenvalue weighted by Crippen LogP contribution is -2.39. The van der Waals surface area contributed by atoms with Crippen LogP contribution in [0.2, 0.25) is 0 Å². The van der Waals surface area contributed by atoms with Gasteiger partial charge in [-0.15, -0.1) is 0 Å². The maximum atomic E-state index is 12.4. The van der Waals surface area contributed by atoms with E-state index in [9.17, 15) is 4.79 Å². The first-order valence-electron chi connectivity index (χ1n) is 7.00. The Hall–Kier alpha value is -2.11. The second-order valence-corrected chi connectivity index (χ2v) is 5.54. The molecule has 0 aliphatic heterocycles. The van der Waals surface area contributed by atoms with Crippen molar-refractivity contribution in [3.05, 3.63) is 35.4 Å². The molecule has 0 spiro atoms. The number of nitrogens with zero attached hydrogens (tertiary/aromatic N) is 3. The van der Waals surface area contributed by atoms with Crippen molar-refractivity contribution in [3.8, 4) is 0 Å². The van der Waals surface area contributed by atoms with E-state index < -0.39 is 0 Å². The van der Waals surface area contributed by atoms with Gasteiger partial charge in [-0.2, -0.15) is 10.2 Å². The normalized spacial score (nSPS) is 18.1. The van der Waals surface area contributed by atoms with E-state index in [0.29, 0.717) is 5.69 Å². The highest BCUT2D eigenvalue weighted by Gasteiger charge is 2.23. The van der Waals surface area contributed by atoms with Crippen molar-refractivity contribution >= 4 is 5.91 Å². The topological polar surface area (TPSA) is 75.6 Å². The van der Waals surface area contributed by atoms with Crippen molar-refractivity contribution in [1.29, 1.82) is 0 Å². The molecule has 0 fully saturated rings. The molecule has 0 aromatic carbocycles. The van der Waals surface area contributed by atoms with Crippen LogP contribution in [0.3, 0.4) is 0 Å². The van der Waals surface area contributed by atoms with Gasteiger partial charge in [-0.25, -0.2) is 0 Å². The maximum Gasteiger partial charge on any atom is 0.269 e.